The number of carbonyl (C=O) groups excluding carboxylic acids is 4. The lowest BCUT2D eigenvalue weighted by Crippen LogP contribution is -2.27. The molecule has 0 saturated heterocycles. The Morgan fingerprint density at radius 3 is 1.76 bits per heavy atom. The van der Waals surface area contributed by atoms with E-state index in [1.54, 1.807) is 66.7 Å². The van der Waals surface area contributed by atoms with Crippen LogP contribution in [-0.2, 0) is 0 Å². The van der Waals surface area contributed by atoms with E-state index in [-0.39, 0.29) is 44.9 Å². The summed E-state index contributed by atoms with van der Waals surface area (Å²) in [5, 5.41) is 0. The van der Waals surface area contributed by atoms with Gasteiger partial charge < -0.3 is 5.73 Å². The summed E-state index contributed by atoms with van der Waals surface area (Å²) in [5.41, 5.74) is 7.25. The molecule has 0 aromatic heterocycles. The van der Waals surface area contributed by atoms with Crippen molar-refractivity contribution >= 4 is 28.8 Å². The Bertz CT molecular complexity index is 1470. The Kier molecular flexibility index (Phi) is 4.79. The van der Waals surface area contributed by atoms with Crippen LogP contribution in [-0.4, -0.2) is 23.1 Å². The summed E-state index contributed by atoms with van der Waals surface area (Å²) in [4.78, 5) is 53.7. The van der Waals surface area contributed by atoms with Crippen LogP contribution in [0.25, 0.3) is 0 Å². The monoisotopic (exact) mass is 431 g/mol. The second kappa shape index (κ2) is 7.80. The van der Waals surface area contributed by atoms with Crippen LogP contribution < -0.4 is 5.73 Å². The minimum atomic E-state index is -0.564. The standard InChI is InChI=1S/C28H17NO4/c29-21-15-14-20-23(24(21)26(31)17-10-5-2-6-11-17)28(33)22-18(12-7-13-19(22)27(20)32)25(30)16-8-3-1-4-9-16/h1-15H,29H2. The smallest absolute Gasteiger partial charge is 0.196 e. The maximum atomic E-state index is 13.8. The van der Waals surface area contributed by atoms with E-state index in [0.717, 1.165) is 0 Å². The van der Waals surface area contributed by atoms with Crippen LogP contribution in [0.4, 0.5) is 5.69 Å². The predicted molar refractivity (Wildman–Crippen MR) is 124 cm³/mol. The molecule has 0 saturated carbocycles. The number of hydrogen-bond donors (Lipinski definition) is 1. The van der Waals surface area contributed by atoms with E-state index in [4.69, 9.17) is 5.73 Å². The normalized spacial score (nSPS) is 12.1. The van der Waals surface area contributed by atoms with Gasteiger partial charge in [0, 0.05) is 44.6 Å². The highest BCUT2D eigenvalue weighted by atomic mass is 16.1. The number of fused-ring (bicyclic) bond motifs is 2. The molecule has 5 rings (SSSR count). The number of carbonyl (C=O) groups is 4. The molecule has 158 valence electrons. The molecule has 33 heavy (non-hydrogen) atoms. The third kappa shape index (κ3) is 3.18. The fraction of sp³-hybridized carbons (Fsp3) is 0. The molecular weight excluding hydrogens is 414 g/mol. The quantitative estimate of drug-likeness (QED) is 0.334. The van der Waals surface area contributed by atoms with E-state index in [9.17, 15) is 19.2 Å². The largest absolute Gasteiger partial charge is 0.398 e. The van der Waals surface area contributed by atoms with Gasteiger partial charge in [-0.2, -0.15) is 0 Å². The van der Waals surface area contributed by atoms with Gasteiger partial charge in [-0.1, -0.05) is 78.9 Å². The molecule has 0 atom stereocenters. The van der Waals surface area contributed by atoms with E-state index in [1.807, 2.05) is 0 Å². The highest BCUT2D eigenvalue weighted by Gasteiger charge is 2.37. The van der Waals surface area contributed by atoms with Gasteiger partial charge in [0.25, 0.3) is 0 Å². The van der Waals surface area contributed by atoms with Gasteiger partial charge >= 0.3 is 0 Å². The summed E-state index contributed by atoms with van der Waals surface area (Å²) in [5.74, 6) is -1.83. The molecule has 0 heterocycles. The van der Waals surface area contributed by atoms with E-state index >= 15 is 0 Å². The summed E-state index contributed by atoms with van der Waals surface area (Å²) in [6, 6.07) is 24.5. The number of rotatable bonds is 4. The molecule has 0 aliphatic heterocycles. The van der Waals surface area contributed by atoms with Crippen LogP contribution in [0.1, 0.15) is 63.7 Å². The minimum Gasteiger partial charge on any atom is -0.398 e. The molecular formula is C28H17NO4. The number of nitrogens with two attached hydrogens (primary N) is 1. The fourth-order valence-electron chi connectivity index (χ4n) is 4.21. The third-order valence-electron chi connectivity index (χ3n) is 5.79. The predicted octanol–water partition coefficient (Wildman–Crippen LogP) is 4.51. The van der Waals surface area contributed by atoms with Crippen molar-refractivity contribution in [3.63, 3.8) is 0 Å². The van der Waals surface area contributed by atoms with Crippen molar-refractivity contribution in [2.75, 3.05) is 5.73 Å². The van der Waals surface area contributed by atoms with E-state index < -0.39 is 17.3 Å². The Morgan fingerprint density at radius 1 is 0.545 bits per heavy atom. The molecule has 1 aliphatic carbocycles. The van der Waals surface area contributed by atoms with Crippen molar-refractivity contribution in [1.82, 2.24) is 0 Å². The zero-order valence-electron chi connectivity index (χ0n) is 17.4. The van der Waals surface area contributed by atoms with Crippen LogP contribution in [0.2, 0.25) is 0 Å². The average molecular weight is 431 g/mol. The molecule has 5 nitrogen and oxygen atoms in total. The zero-order valence-corrected chi connectivity index (χ0v) is 17.4. The van der Waals surface area contributed by atoms with Crippen LogP contribution >= 0.6 is 0 Å². The molecule has 4 aromatic carbocycles. The first kappa shape index (κ1) is 20.3. The molecule has 2 N–H and O–H groups in total. The van der Waals surface area contributed by atoms with Crippen LogP contribution in [0.3, 0.4) is 0 Å². The molecule has 0 amide bonds. The maximum Gasteiger partial charge on any atom is 0.196 e. The van der Waals surface area contributed by atoms with Gasteiger partial charge in [0.15, 0.2) is 23.1 Å². The van der Waals surface area contributed by atoms with Crippen LogP contribution in [0.15, 0.2) is 91.0 Å². The van der Waals surface area contributed by atoms with Crippen molar-refractivity contribution in [3.8, 4) is 0 Å². The van der Waals surface area contributed by atoms with E-state index in [1.165, 1.54) is 24.3 Å². The molecule has 0 spiro atoms. The minimum absolute atomic E-state index is 0.00318. The van der Waals surface area contributed by atoms with E-state index in [2.05, 4.69) is 0 Å². The first-order valence-corrected chi connectivity index (χ1v) is 10.3. The fourth-order valence-corrected chi connectivity index (χ4v) is 4.21. The molecule has 0 radical (unpaired) electrons. The summed E-state index contributed by atoms with van der Waals surface area (Å²) in [6.07, 6.45) is 0. The van der Waals surface area contributed by atoms with Gasteiger partial charge in [0.2, 0.25) is 0 Å². The van der Waals surface area contributed by atoms with Crippen molar-refractivity contribution in [2.45, 2.75) is 0 Å². The average Bonchev–Trinajstić information content (AvgIpc) is 2.87. The van der Waals surface area contributed by atoms with Gasteiger partial charge in [-0.15, -0.1) is 0 Å². The summed E-state index contributed by atoms with van der Waals surface area (Å²) in [6.45, 7) is 0. The Morgan fingerprint density at radius 2 is 1.12 bits per heavy atom. The van der Waals surface area contributed by atoms with Gasteiger partial charge in [-0.3, -0.25) is 19.2 Å². The highest BCUT2D eigenvalue weighted by molar-refractivity contribution is 6.35. The lowest BCUT2D eigenvalue weighted by atomic mass is 9.77. The van der Waals surface area contributed by atoms with E-state index in [0.29, 0.717) is 11.1 Å². The van der Waals surface area contributed by atoms with Crippen molar-refractivity contribution < 1.29 is 19.2 Å². The topological polar surface area (TPSA) is 94.3 Å². The molecule has 0 unspecified atom stereocenters. The lowest BCUT2D eigenvalue weighted by Gasteiger charge is -2.22. The maximum absolute atomic E-state index is 13.8. The van der Waals surface area contributed by atoms with Crippen molar-refractivity contribution in [3.05, 3.63) is 136 Å². The summed E-state index contributed by atoms with van der Waals surface area (Å²) in [7, 11) is 0. The van der Waals surface area contributed by atoms with Gasteiger partial charge in [-0.25, -0.2) is 0 Å². The molecule has 4 aromatic rings. The summed E-state index contributed by atoms with van der Waals surface area (Å²) >= 11 is 0. The molecule has 0 fully saturated rings. The van der Waals surface area contributed by atoms with Crippen molar-refractivity contribution in [1.29, 1.82) is 0 Å². The second-order valence-electron chi connectivity index (χ2n) is 7.73. The number of nitrogen functional groups attached to an aromatic ring is 1. The Balaban J connectivity index is 1.73. The number of anilines is 1. The highest BCUT2D eigenvalue weighted by Crippen LogP contribution is 2.35. The number of hydrogen-bond acceptors (Lipinski definition) is 5. The van der Waals surface area contributed by atoms with Crippen LogP contribution in [0.5, 0.6) is 0 Å². The first-order valence-electron chi connectivity index (χ1n) is 10.3. The van der Waals surface area contributed by atoms with Gasteiger partial charge in [-0.05, 0) is 12.1 Å². The SMILES string of the molecule is Nc1ccc2c(c1C(=O)c1ccccc1)C(=O)c1c(C(=O)c3ccccc3)cccc1C2=O. The van der Waals surface area contributed by atoms with Gasteiger partial charge in [0.05, 0.1) is 5.56 Å². The molecule has 5 heteroatoms. The van der Waals surface area contributed by atoms with Crippen LogP contribution in [0, 0.1) is 0 Å². The zero-order chi connectivity index (χ0) is 23.1. The number of benzene rings is 4. The third-order valence-corrected chi connectivity index (χ3v) is 5.79. The van der Waals surface area contributed by atoms with Crippen molar-refractivity contribution in [2.24, 2.45) is 0 Å². The molecule has 0 bridgehead atoms. The second-order valence-corrected chi connectivity index (χ2v) is 7.73. The lowest BCUT2D eigenvalue weighted by molar-refractivity contribution is 0.0965. The Labute approximate surface area is 189 Å². The van der Waals surface area contributed by atoms with Gasteiger partial charge in [0.1, 0.15) is 0 Å². The summed E-state index contributed by atoms with van der Waals surface area (Å²) < 4.78 is 0. The Hall–Kier alpha value is -4.64. The molecule has 1 aliphatic rings. The first-order chi connectivity index (χ1) is 16.0. The number of ketones is 4.